The van der Waals surface area contributed by atoms with Crippen molar-refractivity contribution < 1.29 is 9.72 Å². The number of nitrogens with one attached hydrogen (secondary N) is 2. The Kier molecular flexibility index (Phi) is 3.71. The average Bonchev–Trinajstić information content (AvgIpc) is 3.14. The van der Waals surface area contributed by atoms with Crippen LogP contribution >= 0.6 is 0 Å². The van der Waals surface area contributed by atoms with Gasteiger partial charge in [0, 0.05) is 12.3 Å². The van der Waals surface area contributed by atoms with Crippen molar-refractivity contribution in [1.82, 2.24) is 24.8 Å². The Labute approximate surface area is 129 Å². The third-order valence-electron chi connectivity index (χ3n) is 3.24. The van der Waals surface area contributed by atoms with Crippen LogP contribution in [0.15, 0.2) is 24.5 Å². The summed E-state index contributed by atoms with van der Waals surface area (Å²) in [5.74, 6) is -0.336. The van der Waals surface area contributed by atoms with Gasteiger partial charge in [0.1, 0.15) is 11.5 Å². The van der Waals surface area contributed by atoms with Gasteiger partial charge in [-0.05, 0) is 12.5 Å². The number of aryl methyl sites for hydroxylation is 1. The van der Waals surface area contributed by atoms with Crippen LogP contribution in [0.1, 0.15) is 29.5 Å². The third-order valence-corrected chi connectivity index (χ3v) is 3.24. The zero-order chi connectivity index (χ0) is 16.4. The van der Waals surface area contributed by atoms with Crippen molar-refractivity contribution in [3.63, 3.8) is 0 Å². The average molecular weight is 315 g/mol. The molecule has 0 saturated heterocycles. The summed E-state index contributed by atoms with van der Waals surface area (Å²) in [7, 11) is 0. The number of amides is 1. The number of fused-ring (bicyclic) bond motifs is 1. The van der Waals surface area contributed by atoms with Gasteiger partial charge in [-0.3, -0.25) is 20.0 Å². The van der Waals surface area contributed by atoms with Crippen molar-refractivity contribution in [2.75, 3.05) is 5.32 Å². The standard InChI is InChI=1S/C13H13N7O3/c1-2-3-8-12(20(22)23)11(18-17-8)13(21)16-10-4-6-14-9-5-7-15-19(9)10/h4-7H,2-3H2,1H3,(H,16,21)(H,17,18). The number of nitrogens with zero attached hydrogens (tertiary/aromatic N) is 5. The SMILES string of the molecule is CCCc1[nH]nc(C(=O)Nc2ccnc3ccnn23)c1[N+](=O)[O-]. The van der Waals surface area contributed by atoms with Crippen LogP contribution in [0, 0.1) is 10.1 Å². The molecule has 1 amide bonds. The van der Waals surface area contributed by atoms with Gasteiger partial charge in [0.25, 0.3) is 5.91 Å². The molecule has 3 heterocycles. The number of anilines is 1. The van der Waals surface area contributed by atoms with Gasteiger partial charge in [-0.2, -0.15) is 14.7 Å². The summed E-state index contributed by atoms with van der Waals surface area (Å²) in [6.07, 6.45) is 4.18. The fourth-order valence-corrected chi connectivity index (χ4v) is 2.26. The number of aromatic nitrogens is 5. The molecule has 0 unspecified atom stereocenters. The fraction of sp³-hybridized carbons (Fsp3) is 0.231. The molecule has 0 bridgehead atoms. The first-order valence-corrected chi connectivity index (χ1v) is 6.93. The molecule has 0 aliphatic rings. The number of H-pyrrole nitrogens is 1. The lowest BCUT2D eigenvalue weighted by molar-refractivity contribution is -0.385. The monoisotopic (exact) mass is 315 g/mol. The molecule has 0 radical (unpaired) electrons. The summed E-state index contributed by atoms with van der Waals surface area (Å²) in [5.41, 5.74) is 0.332. The molecule has 0 aliphatic carbocycles. The zero-order valence-corrected chi connectivity index (χ0v) is 12.2. The molecule has 23 heavy (non-hydrogen) atoms. The van der Waals surface area contributed by atoms with Gasteiger partial charge < -0.3 is 5.32 Å². The van der Waals surface area contributed by atoms with Crippen molar-refractivity contribution in [3.8, 4) is 0 Å². The quantitative estimate of drug-likeness (QED) is 0.542. The van der Waals surface area contributed by atoms with E-state index < -0.39 is 10.8 Å². The van der Waals surface area contributed by atoms with Gasteiger partial charge in [-0.25, -0.2) is 4.98 Å². The topological polar surface area (TPSA) is 131 Å². The highest BCUT2D eigenvalue weighted by atomic mass is 16.6. The lowest BCUT2D eigenvalue weighted by atomic mass is 10.2. The summed E-state index contributed by atoms with van der Waals surface area (Å²) >= 11 is 0. The molecule has 3 aromatic heterocycles. The van der Waals surface area contributed by atoms with Crippen molar-refractivity contribution in [2.45, 2.75) is 19.8 Å². The highest BCUT2D eigenvalue weighted by Crippen LogP contribution is 2.23. The van der Waals surface area contributed by atoms with E-state index in [1.807, 2.05) is 6.92 Å². The van der Waals surface area contributed by atoms with Gasteiger partial charge in [-0.15, -0.1) is 0 Å². The van der Waals surface area contributed by atoms with Crippen LogP contribution < -0.4 is 5.32 Å². The van der Waals surface area contributed by atoms with Crippen molar-refractivity contribution in [1.29, 1.82) is 0 Å². The first-order valence-electron chi connectivity index (χ1n) is 6.93. The van der Waals surface area contributed by atoms with Crippen molar-refractivity contribution in [3.05, 3.63) is 46.0 Å². The Hall–Kier alpha value is -3.30. The summed E-state index contributed by atoms with van der Waals surface area (Å²) < 4.78 is 1.42. The maximum Gasteiger partial charge on any atom is 0.322 e. The normalized spacial score (nSPS) is 10.8. The van der Waals surface area contributed by atoms with E-state index in [2.05, 4.69) is 25.6 Å². The molecule has 10 heteroatoms. The minimum absolute atomic E-state index is 0.254. The molecule has 0 aromatic carbocycles. The fourth-order valence-electron chi connectivity index (χ4n) is 2.26. The minimum atomic E-state index is -0.682. The van der Waals surface area contributed by atoms with Gasteiger partial charge in [-0.1, -0.05) is 13.3 Å². The Morgan fingerprint density at radius 1 is 1.43 bits per heavy atom. The predicted molar refractivity (Wildman–Crippen MR) is 80.2 cm³/mol. The Morgan fingerprint density at radius 2 is 2.26 bits per heavy atom. The lowest BCUT2D eigenvalue weighted by Crippen LogP contribution is -2.16. The predicted octanol–water partition coefficient (Wildman–Crippen LogP) is 1.57. The highest BCUT2D eigenvalue weighted by Gasteiger charge is 2.29. The van der Waals surface area contributed by atoms with E-state index in [0.717, 1.165) is 0 Å². The molecule has 10 nitrogen and oxygen atoms in total. The summed E-state index contributed by atoms with van der Waals surface area (Å²) in [6.45, 7) is 1.88. The van der Waals surface area contributed by atoms with Crippen LogP contribution in [0.3, 0.4) is 0 Å². The Bertz CT molecular complexity index is 883. The van der Waals surface area contributed by atoms with E-state index in [0.29, 0.717) is 30.0 Å². The smallest absolute Gasteiger partial charge is 0.305 e. The lowest BCUT2D eigenvalue weighted by Gasteiger charge is -2.05. The molecule has 0 atom stereocenters. The number of hydrogen-bond acceptors (Lipinski definition) is 6. The molecule has 0 aliphatic heterocycles. The number of carbonyl (C=O) groups is 1. The maximum absolute atomic E-state index is 12.4. The number of aromatic amines is 1. The molecule has 0 fully saturated rings. The van der Waals surface area contributed by atoms with Gasteiger partial charge in [0.15, 0.2) is 5.65 Å². The first kappa shape index (κ1) is 14.6. The summed E-state index contributed by atoms with van der Waals surface area (Å²) in [4.78, 5) is 27.1. The number of carbonyl (C=O) groups excluding carboxylic acids is 1. The van der Waals surface area contributed by atoms with Crippen molar-refractivity contribution >= 4 is 23.1 Å². The number of hydrogen-bond donors (Lipinski definition) is 2. The second kappa shape index (κ2) is 5.83. The Balaban J connectivity index is 1.95. The van der Waals surface area contributed by atoms with E-state index in [1.54, 1.807) is 12.1 Å². The number of nitro groups is 1. The van der Waals surface area contributed by atoms with Crippen molar-refractivity contribution in [2.24, 2.45) is 0 Å². The van der Waals surface area contributed by atoms with Crippen LogP contribution in [0.25, 0.3) is 5.65 Å². The van der Waals surface area contributed by atoms with Crippen LogP contribution in [0.4, 0.5) is 11.5 Å². The molecule has 2 N–H and O–H groups in total. The summed E-state index contributed by atoms with van der Waals surface area (Å²) in [6, 6.07) is 3.22. The second-order valence-electron chi connectivity index (χ2n) is 4.79. The zero-order valence-electron chi connectivity index (χ0n) is 12.2. The van der Waals surface area contributed by atoms with Gasteiger partial charge >= 0.3 is 5.69 Å². The van der Waals surface area contributed by atoms with Gasteiger partial charge in [0.05, 0.1) is 11.1 Å². The Morgan fingerprint density at radius 3 is 3.00 bits per heavy atom. The highest BCUT2D eigenvalue weighted by molar-refractivity contribution is 6.05. The molecule has 0 saturated carbocycles. The van der Waals surface area contributed by atoms with Crippen LogP contribution in [0.2, 0.25) is 0 Å². The second-order valence-corrected chi connectivity index (χ2v) is 4.79. The van der Waals surface area contributed by atoms with Crippen LogP contribution in [0.5, 0.6) is 0 Å². The minimum Gasteiger partial charge on any atom is -0.305 e. The molecule has 3 aromatic rings. The van der Waals surface area contributed by atoms with E-state index in [9.17, 15) is 14.9 Å². The van der Waals surface area contributed by atoms with E-state index in [-0.39, 0.29) is 11.4 Å². The van der Waals surface area contributed by atoms with E-state index >= 15 is 0 Å². The third kappa shape index (κ3) is 2.61. The van der Waals surface area contributed by atoms with E-state index in [4.69, 9.17) is 0 Å². The maximum atomic E-state index is 12.4. The summed E-state index contributed by atoms with van der Waals surface area (Å²) in [5, 5.41) is 24.2. The molecular weight excluding hydrogens is 302 g/mol. The molecule has 118 valence electrons. The van der Waals surface area contributed by atoms with Crippen LogP contribution in [-0.2, 0) is 6.42 Å². The largest absolute Gasteiger partial charge is 0.322 e. The van der Waals surface area contributed by atoms with E-state index in [1.165, 1.54) is 16.9 Å². The first-order chi connectivity index (χ1) is 11.1. The number of rotatable bonds is 5. The molecule has 3 rings (SSSR count). The van der Waals surface area contributed by atoms with Crippen LogP contribution in [-0.4, -0.2) is 35.6 Å². The molecular formula is C13H13N7O3. The molecule has 0 spiro atoms. The van der Waals surface area contributed by atoms with Gasteiger partial charge in [0.2, 0.25) is 5.69 Å².